The maximum atomic E-state index is 12.9. The minimum atomic E-state index is -1.32. The molecule has 15 heteroatoms. The Morgan fingerprint density at radius 2 is 1.70 bits per heavy atom. The van der Waals surface area contributed by atoms with E-state index in [2.05, 4.69) is 10.6 Å². The second-order valence-electron chi connectivity index (χ2n) is 9.72. The number of carbonyl (C=O) groups is 4. The van der Waals surface area contributed by atoms with Crippen molar-refractivity contribution in [3.05, 3.63) is 80.4 Å². The molecule has 0 saturated carbocycles. The van der Waals surface area contributed by atoms with Gasteiger partial charge in [0.15, 0.2) is 12.4 Å². The third-order valence-corrected chi connectivity index (χ3v) is 7.56. The number of amides is 2. The van der Waals surface area contributed by atoms with E-state index < -0.39 is 53.2 Å². The Morgan fingerprint density at radius 1 is 1.02 bits per heavy atom. The quantitative estimate of drug-likeness (QED) is 0.0649. The molecule has 0 aliphatic rings. The number of aromatic nitrogens is 1. The van der Waals surface area contributed by atoms with E-state index in [4.69, 9.17) is 15.9 Å². The van der Waals surface area contributed by atoms with Crippen LogP contribution in [0.4, 0.5) is 5.69 Å². The fraction of sp³-hybridized carbons (Fsp3) is 0.321. The lowest BCUT2D eigenvalue weighted by Crippen LogP contribution is -2.50. The van der Waals surface area contributed by atoms with Gasteiger partial charge in [0.2, 0.25) is 17.2 Å². The first-order valence-corrected chi connectivity index (χ1v) is 14.0. The molecule has 7 N–H and O–H groups in total. The summed E-state index contributed by atoms with van der Waals surface area (Å²) >= 11 is 0.840. The van der Waals surface area contributed by atoms with Crippen molar-refractivity contribution in [2.45, 2.75) is 42.9 Å². The summed E-state index contributed by atoms with van der Waals surface area (Å²) in [4.78, 5) is 74.4. The zero-order valence-corrected chi connectivity index (χ0v) is 24.0. The number of thioether (sulfide) groups is 1. The van der Waals surface area contributed by atoms with E-state index in [0.717, 1.165) is 17.3 Å². The summed E-state index contributed by atoms with van der Waals surface area (Å²) in [6.45, 7) is -0.444. The highest BCUT2D eigenvalue weighted by molar-refractivity contribution is 7.99. The van der Waals surface area contributed by atoms with Gasteiger partial charge in [-0.3, -0.25) is 28.8 Å². The van der Waals surface area contributed by atoms with Crippen molar-refractivity contribution >= 4 is 41.2 Å². The Kier molecular flexibility index (Phi) is 11.4. The molecule has 228 valence electrons. The van der Waals surface area contributed by atoms with Gasteiger partial charge < -0.3 is 36.6 Å². The Labute approximate surface area is 249 Å². The number of nitrogens with two attached hydrogens (primary N) is 1. The van der Waals surface area contributed by atoms with Gasteiger partial charge in [0, 0.05) is 43.0 Å². The number of aliphatic carboxylic acids is 2. The number of carbonyl (C=O) groups excluding carboxylic acids is 2. The number of benzene rings is 1. The number of hydrogen-bond acceptors (Lipinski definition) is 10. The summed E-state index contributed by atoms with van der Waals surface area (Å²) in [5.74, 6) is -4.43. The third kappa shape index (κ3) is 9.11. The molecule has 0 aliphatic carbocycles. The number of nitrogens with one attached hydrogen (secondary N) is 2. The first kappa shape index (κ1) is 32.8. The van der Waals surface area contributed by atoms with Crippen LogP contribution in [0.3, 0.4) is 0 Å². The highest BCUT2D eigenvalue weighted by Crippen LogP contribution is 2.30. The van der Waals surface area contributed by atoms with Crippen LogP contribution in [-0.2, 0) is 39.3 Å². The molecule has 0 radical (unpaired) electrons. The van der Waals surface area contributed by atoms with Gasteiger partial charge in [0.05, 0.1) is 4.90 Å². The molecular formula is C28H32N5O9S+. The molecule has 2 aromatic carbocycles. The van der Waals surface area contributed by atoms with Crippen LogP contribution in [0.1, 0.15) is 24.0 Å². The van der Waals surface area contributed by atoms with Gasteiger partial charge in [-0.2, -0.15) is 0 Å². The highest BCUT2D eigenvalue weighted by atomic mass is 32.2. The van der Waals surface area contributed by atoms with Gasteiger partial charge in [0.25, 0.3) is 5.43 Å². The smallest absolute Gasteiger partial charge is 0.322 e. The highest BCUT2D eigenvalue weighted by Gasteiger charge is 2.30. The van der Waals surface area contributed by atoms with Gasteiger partial charge in [-0.05, 0) is 18.1 Å². The lowest BCUT2D eigenvalue weighted by atomic mass is 10.1. The van der Waals surface area contributed by atoms with Gasteiger partial charge in [0.1, 0.15) is 37.1 Å². The van der Waals surface area contributed by atoms with Gasteiger partial charge in [-0.25, -0.2) is 4.57 Å². The van der Waals surface area contributed by atoms with Crippen LogP contribution < -0.4 is 36.7 Å². The SMILES string of the molecule is C[n+]1ccc(CN(Cc2ccccc2O)c2c(SC[C@H](NC(=O)CC[C@H](N)C(=O)O)C(=O)NCC(=O)O)c(=O)c2=O)cc1. The lowest BCUT2D eigenvalue weighted by molar-refractivity contribution is -0.671. The molecule has 0 bridgehead atoms. The lowest BCUT2D eigenvalue weighted by Gasteiger charge is -2.28. The fourth-order valence-corrected chi connectivity index (χ4v) is 5.16. The summed E-state index contributed by atoms with van der Waals surface area (Å²) in [5.41, 5.74) is 5.29. The molecular weight excluding hydrogens is 582 g/mol. The van der Waals surface area contributed by atoms with Crippen LogP contribution in [0.25, 0.3) is 0 Å². The number of aromatic hydroxyl groups is 1. The molecule has 1 aromatic heterocycles. The van der Waals surface area contributed by atoms with E-state index in [0.29, 0.717) is 5.56 Å². The fourth-order valence-electron chi connectivity index (χ4n) is 4.01. The van der Waals surface area contributed by atoms with Gasteiger partial charge >= 0.3 is 11.9 Å². The van der Waals surface area contributed by atoms with Crippen LogP contribution >= 0.6 is 11.8 Å². The van der Waals surface area contributed by atoms with Crippen molar-refractivity contribution in [2.24, 2.45) is 12.8 Å². The number of pyridine rings is 1. The van der Waals surface area contributed by atoms with Crippen molar-refractivity contribution in [3.63, 3.8) is 0 Å². The summed E-state index contributed by atoms with van der Waals surface area (Å²) in [6.07, 6.45) is 3.10. The van der Waals surface area contributed by atoms with Crippen molar-refractivity contribution in [1.29, 1.82) is 0 Å². The molecule has 0 fully saturated rings. The van der Waals surface area contributed by atoms with Crippen LogP contribution in [0.5, 0.6) is 5.75 Å². The number of phenols is 1. The predicted molar refractivity (Wildman–Crippen MR) is 155 cm³/mol. The molecule has 1 heterocycles. The Hall–Kier alpha value is -4.76. The average Bonchev–Trinajstić information content (AvgIpc) is 2.97. The molecule has 2 amide bonds. The van der Waals surface area contributed by atoms with Crippen molar-refractivity contribution < 1.29 is 39.1 Å². The first-order valence-electron chi connectivity index (χ1n) is 13.1. The number of para-hydroxylation sites is 1. The second-order valence-corrected chi connectivity index (χ2v) is 10.7. The van der Waals surface area contributed by atoms with Crippen LogP contribution in [-0.4, -0.2) is 63.5 Å². The van der Waals surface area contributed by atoms with E-state index in [1.807, 2.05) is 36.1 Å². The Bertz CT molecular complexity index is 1550. The van der Waals surface area contributed by atoms with Crippen molar-refractivity contribution in [2.75, 3.05) is 17.2 Å². The maximum Gasteiger partial charge on any atom is 0.322 e. The molecule has 0 spiro atoms. The topological polar surface area (TPSA) is 220 Å². The largest absolute Gasteiger partial charge is 0.508 e. The average molecular weight is 615 g/mol. The minimum absolute atomic E-state index is 0.000332. The molecule has 3 aromatic rings. The summed E-state index contributed by atoms with van der Waals surface area (Å²) in [5, 5.41) is 32.8. The zero-order valence-electron chi connectivity index (χ0n) is 23.2. The number of hydrogen-bond donors (Lipinski definition) is 6. The maximum absolute atomic E-state index is 12.9. The van der Waals surface area contributed by atoms with Crippen LogP contribution in [0, 0.1) is 0 Å². The summed E-state index contributed by atoms with van der Waals surface area (Å²) in [7, 11) is 1.84. The van der Waals surface area contributed by atoms with Crippen LogP contribution in [0.15, 0.2) is 63.3 Å². The van der Waals surface area contributed by atoms with Crippen LogP contribution in [0.2, 0.25) is 0 Å². The molecule has 2 atom stereocenters. The van der Waals surface area contributed by atoms with Gasteiger partial charge in [-0.15, -0.1) is 11.8 Å². The molecule has 0 unspecified atom stereocenters. The number of anilines is 1. The number of carboxylic acids is 2. The van der Waals surface area contributed by atoms with Gasteiger partial charge in [-0.1, -0.05) is 18.2 Å². The van der Waals surface area contributed by atoms with E-state index in [1.165, 1.54) is 6.07 Å². The number of rotatable bonds is 16. The van der Waals surface area contributed by atoms with E-state index in [9.17, 15) is 33.9 Å². The Morgan fingerprint density at radius 3 is 2.33 bits per heavy atom. The van der Waals surface area contributed by atoms with Crippen molar-refractivity contribution in [3.8, 4) is 5.75 Å². The standard InChI is InChI=1S/C28H31N5O9S/c1-32-10-8-16(9-11-32)13-33(14-17-4-2-3-5-20(17)34)23-24(38)25(39)26(23)43-15-19(27(40)30-12-22(36)37)31-21(35)7-6-18(29)28(41)42/h2-5,8-11,18-19H,6-7,12-15,29H2,1H3,(H4-,30,31,34,35,36,37,40,41,42)/p+1/t18-,19-/m0/s1. The first-order chi connectivity index (χ1) is 20.4. The molecule has 14 nitrogen and oxygen atoms in total. The number of aryl methyl sites for hydroxylation is 1. The Balaban J connectivity index is 1.85. The normalized spacial score (nSPS) is 12.3. The number of carboxylic acid groups (broad SMARTS) is 2. The van der Waals surface area contributed by atoms with E-state index >= 15 is 0 Å². The molecule has 0 aliphatic heterocycles. The predicted octanol–water partition coefficient (Wildman–Crippen LogP) is -1.01. The monoisotopic (exact) mass is 614 g/mol. The zero-order chi connectivity index (χ0) is 31.7. The van der Waals surface area contributed by atoms with Crippen molar-refractivity contribution in [1.82, 2.24) is 10.6 Å². The number of nitrogens with zero attached hydrogens (tertiary/aromatic N) is 2. The summed E-state index contributed by atoms with van der Waals surface area (Å²) in [6, 6.07) is 7.61. The van der Waals surface area contributed by atoms with E-state index in [-0.39, 0.29) is 48.0 Å². The number of phenolic OH excluding ortho intramolecular Hbond substituents is 1. The van der Waals surface area contributed by atoms with E-state index in [1.54, 1.807) is 23.1 Å². The molecule has 0 saturated heterocycles. The molecule has 3 rings (SSSR count). The molecule has 43 heavy (non-hydrogen) atoms. The minimum Gasteiger partial charge on any atom is -0.508 e. The second kappa shape index (κ2) is 14.9. The summed E-state index contributed by atoms with van der Waals surface area (Å²) < 4.78 is 1.83. The third-order valence-electron chi connectivity index (χ3n) is 6.39.